The van der Waals surface area contributed by atoms with Gasteiger partial charge in [-0.15, -0.1) is 0 Å². The van der Waals surface area contributed by atoms with E-state index in [-0.39, 0.29) is 17.4 Å². The highest BCUT2D eigenvalue weighted by Gasteiger charge is 2.25. The van der Waals surface area contributed by atoms with Crippen molar-refractivity contribution in [2.75, 3.05) is 23.5 Å². The Morgan fingerprint density at radius 2 is 1.90 bits per heavy atom. The van der Waals surface area contributed by atoms with E-state index >= 15 is 0 Å². The summed E-state index contributed by atoms with van der Waals surface area (Å²) in [5.41, 5.74) is 9.40. The van der Waals surface area contributed by atoms with Gasteiger partial charge in [-0.2, -0.15) is 0 Å². The molecule has 1 amide bonds. The SMILES string of the molecule is COc1ccc(NC=C2C(=O)Nc3ccc(C(=O)c4cccc(N)c4)cc32)cc1O. The number of phenolic OH excluding ortho intramolecular Hbond substituents is 1. The van der Waals surface area contributed by atoms with Gasteiger partial charge in [0.15, 0.2) is 17.3 Å². The summed E-state index contributed by atoms with van der Waals surface area (Å²) in [6.45, 7) is 0. The normalized spacial score (nSPS) is 13.6. The number of anilines is 3. The minimum absolute atomic E-state index is 0.0211. The lowest BCUT2D eigenvalue weighted by Gasteiger charge is -2.07. The van der Waals surface area contributed by atoms with Gasteiger partial charge in [-0.25, -0.2) is 0 Å². The molecule has 0 radical (unpaired) electrons. The fourth-order valence-electron chi connectivity index (χ4n) is 3.25. The molecule has 3 aromatic rings. The average molecular weight is 401 g/mol. The van der Waals surface area contributed by atoms with Crippen LogP contribution in [0.15, 0.2) is 66.9 Å². The lowest BCUT2D eigenvalue weighted by atomic mass is 9.98. The van der Waals surface area contributed by atoms with E-state index in [0.29, 0.717) is 45.1 Å². The van der Waals surface area contributed by atoms with Crippen LogP contribution >= 0.6 is 0 Å². The van der Waals surface area contributed by atoms with Crippen LogP contribution in [-0.2, 0) is 4.79 Å². The Morgan fingerprint density at radius 1 is 1.10 bits per heavy atom. The Hall–Kier alpha value is -4.26. The van der Waals surface area contributed by atoms with Gasteiger partial charge in [0.25, 0.3) is 5.91 Å². The van der Waals surface area contributed by atoms with Crippen LogP contribution in [0.5, 0.6) is 11.5 Å². The largest absolute Gasteiger partial charge is 0.504 e. The second-order valence-corrected chi connectivity index (χ2v) is 6.76. The smallest absolute Gasteiger partial charge is 0.257 e. The molecule has 5 N–H and O–H groups in total. The molecule has 1 heterocycles. The molecule has 150 valence electrons. The maximum Gasteiger partial charge on any atom is 0.257 e. The monoisotopic (exact) mass is 401 g/mol. The molecule has 7 nitrogen and oxygen atoms in total. The number of rotatable bonds is 5. The number of amides is 1. The molecule has 0 saturated carbocycles. The first-order valence-corrected chi connectivity index (χ1v) is 9.16. The second kappa shape index (κ2) is 7.63. The molecule has 1 aliphatic heterocycles. The number of ether oxygens (including phenoxy) is 1. The fraction of sp³-hybridized carbons (Fsp3) is 0.0435. The Balaban J connectivity index is 1.64. The number of nitrogen functional groups attached to an aromatic ring is 1. The fourth-order valence-corrected chi connectivity index (χ4v) is 3.25. The average Bonchev–Trinajstić information content (AvgIpc) is 3.06. The minimum atomic E-state index is -0.288. The van der Waals surface area contributed by atoms with Crippen LogP contribution in [0, 0.1) is 0 Å². The number of fused-ring (bicyclic) bond motifs is 1. The summed E-state index contributed by atoms with van der Waals surface area (Å²) in [4.78, 5) is 25.3. The number of hydrogen-bond donors (Lipinski definition) is 4. The van der Waals surface area contributed by atoms with Crippen molar-refractivity contribution < 1.29 is 19.4 Å². The Labute approximate surface area is 172 Å². The van der Waals surface area contributed by atoms with Gasteiger partial charge in [-0.05, 0) is 42.5 Å². The third kappa shape index (κ3) is 3.56. The van der Waals surface area contributed by atoms with Crippen molar-refractivity contribution in [2.24, 2.45) is 0 Å². The van der Waals surface area contributed by atoms with Crippen LogP contribution in [0.4, 0.5) is 17.1 Å². The first-order chi connectivity index (χ1) is 14.5. The van der Waals surface area contributed by atoms with Gasteiger partial charge in [0.1, 0.15) is 0 Å². The quantitative estimate of drug-likeness (QED) is 0.295. The van der Waals surface area contributed by atoms with Gasteiger partial charge >= 0.3 is 0 Å². The third-order valence-corrected chi connectivity index (χ3v) is 4.78. The second-order valence-electron chi connectivity index (χ2n) is 6.76. The predicted octanol–water partition coefficient (Wildman–Crippen LogP) is 3.62. The van der Waals surface area contributed by atoms with Crippen LogP contribution < -0.4 is 21.1 Å². The van der Waals surface area contributed by atoms with Gasteiger partial charge in [0.2, 0.25) is 0 Å². The molecule has 0 fully saturated rings. The zero-order chi connectivity index (χ0) is 21.3. The van der Waals surface area contributed by atoms with Crippen LogP contribution in [0.3, 0.4) is 0 Å². The Bertz CT molecular complexity index is 1200. The molecule has 0 bridgehead atoms. The number of nitrogens with one attached hydrogen (secondary N) is 2. The van der Waals surface area contributed by atoms with E-state index in [1.165, 1.54) is 19.4 Å². The summed E-state index contributed by atoms with van der Waals surface area (Å²) < 4.78 is 5.02. The molecule has 0 saturated heterocycles. The summed E-state index contributed by atoms with van der Waals surface area (Å²) in [5, 5.41) is 15.7. The molecule has 0 atom stereocenters. The van der Waals surface area contributed by atoms with Gasteiger partial charge in [-0.3, -0.25) is 9.59 Å². The van der Waals surface area contributed by atoms with Gasteiger partial charge in [-0.1, -0.05) is 12.1 Å². The zero-order valence-electron chi connectivity index (χ0n) is 16.1. The van der Waals surface area contributed by atoms with E-state index in [2.05, 4.69) is 10.6 Å². The first kappa shape index (κ1) is 19.1. The van der Waals surface area contributed by atoms with Crippen molar-refractivity contribution in [3.63, 3.8) is 0 Å². The molecule has 0 aromatic heterocycles. The van der Waals surface area contributed by atoms with Gasteiger partial charge < -0.3 is 26.2 Å². The minimum Gasteiger partial charge on any atom is -0.504 e. The number of phenols is 1. The number of nitrogens with two attached hydrogens (primary N) is 1. The maximum absolute atomic E-state index is 12.8. The Kier molecular flexibility index (Phi) is 4.85. The number of carbonyl (C=O) groups is 2. The molecule has 0 spiro atoms. The molecule has 0 unspecified atom stereocenters. The first-order valence-electron chi connectivity index (χ1n) is 9.16. The highest BCUT2D eigenvalue weighted by molar-refractivity contribution is 6.32. The van der Waals surface area contributed by atoms with E-state index in [0.717, 1.165) is 0 Å². The van der Waals surface area contributed by atoms with Gasteiger partial charge in [0.05, 0.1) is 12.7 Å². The van der Waals surface area contributed by atoms with E-state index in [4.69, 9.17) is 10.5 Å². The van der Waals surface area contributed by atoms with Crippen LogP contribution in [0.2, 0.25) is 0 Å². The summed E-state index contributed by atoms with van der Waals surface area (Å²) in [6.07, 6.45) is 1.54. The number of carbonyl (C=O) groups excluding carboxylic acids is 2. The van der Waals surface area contributed by atoms with Crippen molar-refractivity contribution in [3.05, 3.63) is 83.6 Å². The topological polar surface area (TPSA) is 114 Å². The molecule has 7 heteroatoms. The predicted molar refractivity (Wildman–Crippen MR) is 116 cm³/mol. The summed E-state index contributed by atoms with van der Waals surface area (Å²) in [5.74, 6) is -0.144. The van der Waals surface area contributed by atoms with Gasteiger partial charge in [0, 0.05) is 46.0 Å². The van der Waals surface area contributed by atoms with Crippen molar-refractivity contribution in [1.29, 1.82) is 0 Å². The van der Waals surface area contributed by atoms with Crippen LogP contribution in [-0.4, -0.2) is 23.9 Å². The third-order valence-electron chi connectivity index (χ3n) is 4.78. The number of hydrogen-bond acceptors (Lipinski definition) is 6. The Morgan fingerprint density at radius 3 is 2.63 bits per heavy atom. The van der Waals surface area contributed by atoms with Crippen molar-refractivity contribution in [1.82, 2.24) is 0 Å². The number of aromatic hydroxyl groups is 1. The van der Waals surface area contributed by atoms with Crippen molar-refractivity contribution in [3.8, 4) is 11.5 Å². The summed E-state index contributed by atoms with van der Waals surface area (Å²) in [6, 6.07) is 16.6. The molecular weight excluding hydrogens is 382 g/mol. The molecule has 1 aliphatic rings. The molecular formula is C23H19N3O4. The number of methoxy groups -OCH3 is 1. The lowest BCUT2D eigenvalue weighted by Crippen LogP contribution is -2.05. The van der Waals surface area contributed by atoms with Crippen molar-refractivity contribution in [2.45, 2.75) is 0 Å². The van der Waals surface area contributed by atoms with Crippen molar-refractivity contribution >= 4 is 34.3 Å². The molecule has 3 aromatic carbocycles. The number of benzene rings is 3. The van der Waals surface area contributed by atoms with Crippen LogP contribution in [0.1, 0.15) is 21.5 Å². The molecule has 4 rings (SSSR count). The molecule has 30 heavy (non-hydrogen) atoms. The number of ketones is 1. The highest BCUT2D eigenvalue weighted by atomic mass is 16.5. The van der Waals surface area contributed by atoms with E-state index in [1.54, 1.807) is 54.6 Å². The summed E-state index contributed by atoms with van der Waals surface area (Å²) in [7, 11) is 1.46. The highest BCUT2D eigenvalue weighted by Crippen LogP contribution is 2.34. The maximum atomic E-state index is 12.8. The standard InChI is InChI=1S/C23H19N3O4/c1-30-21-8-6-16(11-20(21)27)25-12-18-17-10-14(5-7-19(17)26-23(18)29)22(28)13-3-2-4-15(24)9-13/h2-12,25,27H,24H2,1H3,(H,26,29). The van der Waals surface area contributed by atoms with Crippen LogP contribution in [0.25, 0.3) is 5.57 Å². The lowest BCUT2D eigenvalue weighted by molar-refractivity contribution is -0.110. The summed E-state index contributed by atoms with van der Waals surface area (Å²) >= 11 is 0. The molecule has 0 aliphatic carbocycles. The van der Waals surface area contributed by atoms with E-state index in [9.17, 15) is 14.7 Å². The van der Waals surface area contributed by atoms with E-state index < -0.39 is 0 Å². The van der Waals surface area contributed by atoms with E-state index in [1.807, 2.05) is 0 Å². The zero-order valence-corrected chi connectivity index (χ0v) is 16.1.